The van der Waals surface area contributed by atoms with Gasteiger partial charge in [-0.3, -0.25) is 24.2 Å². The van der Waals surface area contributed by atoms with Crippen LogP contribution in [0.5, 0.6) is 0 Å². The molecule has 4 aliphatic rings. The van der Waals surface area contributed by atoms with Crippen LogP contribution >= 0.6 is 0 Å². The smallest absolute Gasteiger partial charge is 0.235 e. The summed E-state index contributed by atoms with van der Waals surface area (Å²) in [5.74, 6) is -2.99. The molecule has 0 saturated carbocycles. The number of carbonyl (C=O) groups excluding carboxylic acids is 3. The molecule has 4 heterocycles. The van der Waals surface area contributed by atoms with Crippen molar-refractivity contribution in [3.63, 3.8) is 0 Å². The zero-order valence-corrected chi connectivity index (χ0v) is 19.4. The van der Waals surface area contributed by atoms with E-state index in [1.165, 1.54) is 19.2 Å². The summed E-state index contributed by atoms with van der Waals surface area (Å²) in [6.07, 6.45) is 4.58. The second-order valence-electron chi connectivity index (χ2n) is 9.55. The predicted molar refractivity (Wildman–Crippen MR) is 123 cm³/mol. The zero-order valence-electron chi connectivity index (χ0n) is 18.6. The normalized spacial score (nSPS) is 34.4. The van der Waals surface area contributed by atoms with Gasteiger partial charge in [-0.25, -0.2) is 8.42 Å². The number of rotatable bonds is 4. The third kappa shape index (κ3) is 2.50. The Morgan fingerprint density at radius 1 is 0.971 bits per heavy atom. The highest BCUT2D eigenvalue weighted by molar-refractivity contribution is 7.92. The van der Waals surface area contributed by atoms with E-state index in [1.54, 1.807) is 48.5 Å². The lowest BCUT2D eigenvalue weighted by Crippen LogP contribution is -2.63. The molecule has 3 fully saturated rings. The van der Waals surface area contributed by atoms with Gasteiger partial charge in [0, 0.05) is 24.7 Å². The minimum Gasteiger partial charge on any atom is -0.292 e. The van der Waals surface area contributed by atoms with Gasteiger partial charge in [0.05, 0.1) is 22.0 Å². The molecule has 0 unspecified atom stereocenters. The van der Waals surface area contributed by atoms with Crippen molar-refractivity contribution in [2.75, 3.05) is 7.05 Å². The van der Waals surface area contributed by atoms with Crippen molar-refractivity contribution in [1.29, 1.82) is 0 Å². The molecule has 2 aromatic carbocycles. The van der Waals surface area contributed by atoms with Crippen molar-refractivity contribution in [3.05, 3.63) is 78.4 Å². The highest BCUT2D eigenvalue weighted by Gasteiger charge is 2.78. The number of ketones is 1. The second-order valence-corrected chi connectivity index (χ2v) is 11.7. The maximum atomic E-state index is 14.5. The fourth-order valence-corrected chi connectivity index (χ4v) is 9.03. The van der Waals surface area contributed by atoms with Crippen molar-refractivity contribution in [1.82, 2.24) is 9.80 Å². The Bertz CT molecular complexity index is 1340. The monoisotopic (exact) mass is 476 g/mol. The van der Waals surface area contributed by atoms with E-state index >= 15 is 0 Å². The van der Waals surface area contributed by atoms with Gasteiger partial charge in [-0.1, -0.05) is 60.7 Å². The summed E-state index contributed by atoms with van der Waals surface area (Å²) in [5.41, 5.74) is -1.31. The van der Waals surface area contributed by atoms with Crippen molar-refractivity contribution in [3.8, 4) is 0 Å². The molecule has 2 amide bonds. The van der Waals surface area contributed by atoms with Gasteiger partial charge in [0.2, 0.25) is 11.8 Å². The Balaban J connectivity index is 1.65. The Morgan fingerprint density at radius 3 is 2.29 bits per heavy atom. The number of sulfone groups is 1. The fraction of sp³-hybridized carbons (Fsp3) is 0.346. The Morgan fingerprint density at radius 2 is 1.62 bits per heavy atom. The predicted octanol–water partition coefficient (Wildman–Crippen LogP) is 2.10. The molecule has 0 N–H and O–H groups in total. The summed E-state index contributed by atoms with van der Waals surface area (Å²) in [6.45, 7) is 0. The molecule has 174 valence electrons. The number of fused-ring (bicyclic) bond motifs is 3. The lowest BCUT2D eigenvalue weighted by molar-refractivity contribution is -0.140. The van der Waals surface area contributed by atoms with Crippen LogP contribution in [0, 0.1) is 11.8 Å². The molecule has 0 aromatic heterocycles. The quantitative estimate of drug-likeness (QED) is 0.381. The van der Waals surface area contributed by atoms with Crippen LogP contribution < -0.4 is 0 Å². The third-order valence-electron chi connectivity index (χ3n) is 8.13. The molecule has 2 aromatic rings. The fourth-order valence-electron chi connectivity index (χ4n) is 6.86. The molecular weight excluding hydrogens is 452 g/mol. The second kappa shape index (κ2) is 7.20. The van der Waals surface area contributed by atoms with Crippen molar-refractivity contribution in [2.45, 2.75) is 40.6 Å². The van der Waals surface area contributed by atoms with E-state index in [-0.39, 0.29) is 23.3 Å². The molecule has 7 nitrogen and oxygen atoms in total. The van der Waals surface area contributed by atoms with Crippen LogP contribution in [0.2, 0.25) is 0 Å². The van der Waals surface area contributed by atoms with E-state index < -0.39 is 50.2 Å². The first kappa shape index (κ1) is 21.4. The standard InChI is InChI=1S/C26H24N2O5S/c1-27-24(30)21-19-14-8-11-17-15-20(34(32,33)18-12-6-3-7-13-18)26(28(17)19,22(21)25(27)31)23(29)16-9-4-2-5-10-16/h2-13,17,19-22H,14-15H2,1H3/t17-,19+,20+,21-,22+,26-/m1/s1. The number of benzene rings is 2. The molecule has 0 aliphatic carbocycles. The number of imide groups is 1. The molecule has 6 atom stereocenters. The van der Waals surface area contributed by atoms with Crippen LogP contribution in [-0.4, -0.2) is 65.7 Å². The SMILES string of the molecule is CN1C(=O)[C@H]2[C@@H](C1=O)[C@@]1(C(=O)c3ccccc3)[C@@H](S(=O)(=O)c3ccccc3)C[C@H]3C=CC[C@@H]2N31. The maximum Gasteiger partial charge on any atom is 0.235 e. The summed E-state index contributed by atoms with van der Waals surface area (Å²) in [6, 6.07) is 15.9. The van der Waals surface area contributed by atoms with Gasteiger partial charge in [-0.15, -0.1) is 0 Å². The number of hydrogen-bond acceptors (Lipinski definition) is 6. The van der Waals surface area contributed by atoms with E-state index in [2.05, 4.69) is 0 Å². The van der Waals surface area contributed by atoms with Crippen LogP contribution in [-0.2, 0) is 19.4 Å². The number of carbonyl (C=O) groups is 3. The van der Waals surface area contributed by atoms with Gasteiger partial charge in [0.25, 0.3) is 0 Å². The van der Waals surface area contributed by atoms with Gasteiger partial charge in [-0.05, 0) is 25.0 Å². The van der Waals surface area contributed by atoms with E-state index in [4.69, 9.17) is 0 Å². The van der Waals surface area contributed by atoms with Crippen LogP contribution in [0.3, 0.4) is 0 Å². The van der Waals surface area contributed by atoms with Gasteiger partial charge < -0.3 is 0 Å². The lowest BCUT2D eigenvalue weighted by Gasteiger charge is -2.42. The molecule has 3 saturated heterocycles. The van der Waals surface area contributed by atoms with Crippen LogP contribution in [0.1, 0.15) is 23.2 Å². The van der Waals surface area contributed by atoms with Gasteiger partial charge in [0.1, 0.15) is 5.54 Å². The molecule has 0 radical (unpaired) electrons. The first-order valence-corrected chi connectivity index (χ1v) is 13.0. The third-order valence-corrected chi connectivity index (χ3v) is 10.4. The topological polar surface area (TPSA) is 91.8 Å². The molecule has 0 bridgehead atoms. The first-order chi connectivity index (χ1) is 16.3. The van der Waals surface area contributed by atoms with E-state index in [1.807, 2.05) is 17.1 Å². The Kier molecular flexibility index (Phi) is 4.54. The van der Waals surface area contributed by atoms with Crippen LogP contribution in [0.15, 0.2) is 77.7 Å². The molecule has 8 heteroatoms. The summed E-state index contributed by atoms with van der Waals surface area (Å²) in [7, 11) is -2.59. The van der Waals surface area contributed by atoms with E-state index in [0.717, 1.165) is 4.90 Å². The molecule has 6 rings (SSSR count). The summed E-state index contributed by atoms with van der Waals surface area (Å²) >= 11 is 0. The van der Waals surface area contributed by atoms with Crippen molar-refractivity contribution < 1.29 is 22.8 Å². The lowest BCUT2D eigenvalue weighted by atomic mass is 9.73. The van der Waals surface area contributed by atoms with Crippen LogP contribution in [0.25, 0.3) is 0 Å². The molecule has 0 spiro atoms. The average Bonchev–Trinajstić information content (AvgIpc) is 3.46. The minimum atomic E-state index is -4.02. The highest BCUT2D eigenvalue weighted by Crippen LogP contribution is 2.60. The van der Waals surface area contributed by atoms with Gasteiger partial charge in [0.15, 0.2) is 15.6 Å². The Labute approximate surface area is 198 Å². The zero-order chi connectivity index (χ0) is 23.8. The number of likely N-dealkylation sites (tertiary alicyclic amines) is 1. The minimum absolute atomic E-state index is 0.120. The first-order valence-electron chi connectivity index (χ1n) is 11.5. The molecule has 34 heavy (non-hydrogen) atoms. The highest BCUT2D eigenvalue weighted by atomic mass is 32.2. The van der Waals surface area contributed by atoms with E-state index in [0.29, 0.717) is 12.0 Å². The van der Waals surface area contributed by atoms with E-state index in [9.17, 15) is 22.8 Å². The largest absolute Gasteiger partial charge is 0.292 e. The summed E-state index contributed by atoms with van der Waals surface area (Å²) in [4.78, 5) is 44.4. The van der Waals surface area contributed by atoms with Gasteiger partial charge >= 0.3 is 0 Å². The molecular formula is C26H24N2O5S. The summed E-state index contributed by atoms with van der Waals surface area (Å²) in [5, 5.41) is -1.16. The Hall–Kier alpha value is -3.10. The maximum absolute atomic E-state index is 14.5. The molecule has 4 aliphatic heterocycles. The van der Waals surface area contributed by atoms with Gasteiger partial charge in [-0.2, -0.15) is 0 Å². The van der Waals surface area contributed by atoms with Crippen molar-refractivity contribution in [2.24, 2.45) is 11.8 Å². The summed E-state index contributed by atoms with van der Waals surface area (Å²) < 4.78 is 28.3. The van der Waals surface area contributed by atoms with Crippen LogP contribution in [0.4, 0.5) is 0 Å². The average molecular weight is 477 g/mol. The number of hydrogen-bond donors (Lipinski definition) is 0. The van der Waals surface area contributed by atoms with Crippen molar-refractivity contribution >= 4 is 27.4 Å². The number of amides is 2. The number of nitrogens with zero attached hydrogens (tertiary/aromatic N) is 2. The number of Topliss-reactive ketones (excluding diaryl/α,β-unsaturated/α-hetero) is 1.